The Hall–Kier alpha value is -0.530. The predicted molar refractivity (Wildman–Crippen MR) is 47.9 cm³/mol. The third kappa shape index (κ3) is 1.99. The molecule has 1 aliphatic carbocycles. The summed E-state index contributed by atoms with van der Waals surface area (Å²) in [6.45, 7) is 6.59. The van der Waals surface area contributed by atoms with Crippen molar-refractivity contribution in [3.05, 3.63) is 0 Å². The van der Waals surface area contributed by atoms with Gasteiger partial charge in [0.2, 0.25) is 0 Å². The van der Waals surface area contributed by atoms with Crippen LogP contribution >= 0.6 is 0 Å². The van der Waals surface area contributed by atoms with Crippen LogP contribution in [0.4, 0.5) is 0 Å². The minimum atomic E-state index is -0.609. The maximum absolute atomic E-state index is 10.7. The highest BCUT2D eigenvalue weighted by molar-refractivity contribution is 5.70. The lowest BCUT2D eigenvalue weighted by molar-refractivity contribution is -0.141. The van der Waals surface area contributed by atoms with E-state index in [1.165, 1.54) is 0 Å². The van der Waals surface area contributed by atoms with Crippen molar-refractivity contribution >= 4 is 5.97 Å². The molecule has 0 bridgehead atoms. The van der Waals surface area contributed by atoms with Gasteiger partial charge in [0.05, 0.1) is 5.92 Å². The van der Waals surface area contributed by atoms with Gasteiger partial charge < -0.3 is 5.11 Å². The van der Waals surface area contributed by atoms with E-state index in [-0.39, 0.29) is 11.3 Å². The van der Waals surface area contributed by atoms with Crippen LogP contribution in [-0.4, -0.2) is 11.1 Å². The fourth-order valence-corrected chi connectivity index (χ4v) is 1.99. The summed E-state index contributed by atoms with van der Waals surface area (Å²) in [4.78, 5) is 10.7. The van der Waals surface area contributed by atoms with E-state index in [1.807, 2.05) is 0 Å². The van der Waals surface area contributed by atoms with Gasteiger partial charge in [-0.2, -0.15) is 0 Å². The lowest BCUT2D eigenvalue weighted by atomic mass is 9.79. The van der Waals surface area contributed by atoms with Crippen LogP contribution in [0, 0.1) is 17.3 Å². The average molecular weight is 170 g/mol. The average Bonchev–Trinajstić information content (AvgIpc) is 2.30. The summed E-state index contributed by atoms with van der Waals surface area (Å²) in [5, 5.41) is 8.80. The Kier molecular flexibility index (Phi) is 2.45. The van der Waals surface area contributed by atoms with Crippen LogP contribution in [0.15, 0.2) is 0 Å². The Bertz CT molecular complexity index is 179. The molecule has 12 heavy (non-hydrogen) atoms. The van der Waals surface area contributed by atoms with E-state index in [2.05, 4.69) is 20.8 Å². The van der Waals surface area contributed by atoms with Crippen molar-refractivity contribution in [3.63, 3.8) is 0 Å². The summed E-state index contributed by atoms with van der Waals surface area (Å²) in [5.74, 6) is -0.0884. The van der Waals surface area contributed by atoms with Gasteiger partial charge in [0, 0.05) is 0 Å². The van der Waals surface area contributed by atoms with E-state index in [0.29, 0.717) is 5.92 Å². The molecule has 2 heteroatoms. The van der Waals surface area contributed by atoms with Crippen LogP contribution in [0.1, 0.15) is 40.0 Å². The molecule has 1 aliphatic rings. The van der Waals surface area contributed by atoms with Gasteiger partial charge in [-0.05, 0) is 30.6 Å². The van der Waals surface area contributed by atoms with Crippen molar-refractivity contribution in [2.24, 2.45) is 17.3 Å². The molecule has 2 atom stereocenters. The zero-order valence-electron chi connectivity index (χ0n) is 8.13. The number of rotatable bonds is 1. The molecule has 1 N–H and O–H groups in total. The van der Waals surface area contributed by atoms with E-state index in [0.717, 1.165) is 19.3 Å². The number of hydrogen-bond donors (Lipinski definition) is 1. The number of carbonyl (C=O) groups is 1. The third-order valence-electron chi connectivity index (χ3n) is 3.01. The molecule has 0 amide bonds. The molecule has 0 saturated heterocycles. The maximum Gasteiger partial charge on any atom is 0.306 e. The van der Waals surface area contributed by atoms with E-state index < -0.39 is 5.97 Å². The molecule has 0 heterocycles. The summed E-state index contributed by atoms with van der Waals surface area (Å²) in [5.41, 5.74) is 0.282. The molecule has 1 saturated carbocycles. The minimum Gasteiger partial charge on any atom is -0.481 e. The first-order valence-electron chi connectivity index (χ1n) is 4.64. The first kappa shape index (κ1) is 9.56. The molecule has 0 aromatic heterocycles. The predicted octanol–water partition coefficient (Wildman–Crippen LogP) is 2.53. The van der Waals surface area contributed by atoms with Gasteiger partial charge in [0.15, 0.2) is 0 Å². The summed E-state index contributed by atoms with van der Waals surface area (Å²) < 4.78 is 0. The van der Waals surface area contributed by atoms with Crippen LogP contribution in [0.25, 0.3) is 0 Å². The van der Waals surface area contributed by atoms with Crippen molar-refractivity contribution < 1.29 is 9.90 Å². The molecule has 2 unspecified atom stereocenters. The van der Waals surface area contributed by atoms with Gasteiger partial charge in [-0.25, -0.2) is 0 Å². The van der Waals surface area contributed by atoms with Crippen molar-refractivity contribution in [3.8, 4) is 0 Å². The Morgan fingerprint density at radius 2 is 1.92 bits per heavy atom. The first-order chi connectivity index (χ1) is 5.41. The lowest BCUT2D eigenvalue weighted by Crippen LogP contribution is -2.18. The molecule has 70 valence electrons. The zero-order chi connectivity index (χ0) is 9.35. The van der Waals surface area contributed by atoms with Crippen LogP contribution in [0.2, 0.25) is 0 Å². The van der Waals surface area contributed by atoms with Crippen LogP contribution in [0.5, 0.6) is 0 Å². The van der Waals surface area contributed by atoms with Crippen LogP contribution in [-0.2, 0) is 4.79 Å². The lowest BCUT2D eigenvalue weighted by Gasteiger charge is -2.26. The molecule has 0 spiro atoms. The Balaban J connectivity index is 2.51. The molecular formula is C10H18O2. The van der Waals surface area contributed by atoms with Gasteiger partial charge in [0.25, 0.3) is 0 Å². The van der Waals surface area contributed by atoms with Gasteiger partial charge in [-0.15, -0.1) is 0 Å². The summed E-state index contributed by atoms with van der Waals surface area (Å²) in [6, 6.07) is 0. The highest BCUT2D eigenvalue weighted by atomic mass is 16.4. The van der Waals surface area contributed by atoms with Gasteiger partial charge in [-0.1, -0.05) is 20.8 Å². The van der Waals surface area contributed by atoms with Crippen LogP contribution in [0.3, 0.4) is 0 Å². The topological polar surface area (TPSA) is 37.3 Å². The Morgan fingerprint density at radius 3 is 2.17 bits per heavy atom. The normalized spacial score (nSPS) is 30.6. The van der Waals surface area contributed by atoms with E-state index in [4.69, 9.17) is 5.11 Å². The molecule has 0 aromatic rings. The molecule has 2 nitrogen and oxygen atoms in total. The number of carboxylic acids is 1. The van der Waals surface area contributed by atoms with Crippen molar-refractivity contribution in [2.75, 3.05) is 0 Å². The van der Waals surface area contributed by atoms with E-state index in [1.54, 1.807) is 0 Å². The molecule has 0 radical (unpaired) electrons. The smallest absolute Gasteiger partial charge is 0.306 e. The second-order valence-corrected chi connectivity index (χ2v) is 4.91. The number of carboxylic acid groups (broad SMARTS) is 1. The van der Waals surface area contributed by atoms with Gasteiger partial charge in [-0.3, -0.25) is 4.79 Å². The fraction of sp³-hybridized carbons (Fsp3) is 0.900. The Morgan fingerprint density at radius 1 is 1.33 bits per heavy atom. The van der Waals surface area contributed by atoms with Gasteiger partial charge in [0.1, 0.15) is 0 Å². The largest absolute Gasteiger partial charge is 0.481 e. The number of aliphatic carboxylic acids is 1. The molecule has 0 aromatic carbocycles. The maximum atomic E-state index is 10.7. The standard InChI is InChI=1S/C10H18O2/c1-10(2,3)8-5-4-7(6-8)9(11)12/h7-8H,4-6H2,1-3H3,(H,11,12). The second kappa shape index (κ2) is 3.08. The quantitative estimate of drug-likeness (QED) is 0.656. The van der Waals surface area contributed by atoms with Crippen LogP contribution < -0.4 is 0 Å². The Labute approximate surface area is 74.0 Å². The summed E-state index contributed by atoms with van der Waals surface area (Å²) >= 11 is 0. The minimum absolute atomic E-state index is 0.0748. The molecule has 1 fully saturated rings. The van der Waals surface area contributed by atoms with Gasteiger partial charge >= 0.3 is 5.97 Å². The molecular weight excluding hydrogens is 152 g/mol. The second-order valence-electron chi connectivity index (χ2n) is 4.91. The SMILES string of the molecule is CC(C)(C)C1CCC(C(=O)O)C1. The summed E-state index contributed by atoms with van der Waals surface area (Å²) in [7, 11) is 0. The highest BCUT2D eigenvalue weighted by Crippen LogP contribution is 2.41. The van der Waals surface area contributed by atoms with Crippen molar-refractivity contribution in [2.45, 2.75) is 40.0 Å². The zero-order valence-corrected chi connectivity index (χ0v) is 8.13. The summed E-state index contributed by atoms with van der Waals surface area (Å²) in [6.07, 6.45) is 2.83. The number of hydrogen-bond acceptors (Lipinski definition) is 1. The molecule has 0 aliphatic heterocycles. The fourth-order valence-electron chi connectivity index (χ4n) is 1.99. The van der Waals surface area contributed by atoms with E-state index >= 15 is 0 Å². The van der Waals surface area contributed by atoms with E-state index in [9.17, 15) is 4.79 Å². The highest BCUT2D eigenvalue weighted by Gasteiger charge is 2.35. The molecule has 1 rings (SSSR count). The third-order valence-corrected chi connectivity index (χ3v) is 3.01. The van der Waals surface area contributed by atoms with Crippen molar-refractivity contribution in [1.82, 2.24) is 0 Å². The van der Waals surface area contributed by atoms with Crippen molar-refractivity contribution in [1.29, 1.82) is 0 Å². The first-order valence-corrected chi connectivity index (χ1v) is 4.64. The monoisotopic (exact) mass is 170 g/mol.